The van der Waals surface area contributed by atoms with Crippen molar-refractivity contribution in [1.82, 2.24) is 0 Å². The predicted molar refractivity (Wildman–Crippen MR) is 46.4 cm³/mol. The van der Waals surface area contributed by atoms with Crippen LogP contribution in [-0.4, -0.2) is 5.78 Å². The van der Waals surface area contributed by atoms with E-state index in [1.54, 1.807) is 0 Å². The number of rotatable bonds is 1. The molecule has 1 rings (SSSR count). The van der Waals surface area contributed by atoms with Gasteiger partial charge in [0.25, 0.3) is 0 Å². The molecule has 1 fully saturated rings. The maximum absolute atomic E-state index is 11.4. The van der Waals surface area contributed by atoms with Gasteiger partial charge in [-0.05, 0) is 25.3 Å². The van der Waals surface area contributed by atoms with Gasteiger partial charge in [0.1, 0.15) is 0 Å². The van der Waals surface area contributed by atoms with Gasteiger partial charge < -0.3 is 0 Å². The smallest absolute Gasteiger partial charge is 0.164 e. The maximum Gasteiger partial charge on any atom is 0.164 e. The molecule has 1 heteroatoms. The van der Waals surface area contributed by atoms with Gasteiger partial charge >= 0.3 is 0 Å². The molecule has 1 aliphatic carbocycles. The Balaban J connectivity index is 2.80. The van der Waals surface area contributed by atoms with E-state index in [4.69, 9.17) is 0 Å². The fraction of sp³-hybridized carbons (Fsp3) is 0.700. The number of carbonyl (C=O) groups is 1. The SMILES string of the molecule is CC/C(C)=C1/CC(C)(C)C1=O. The van der Waals surface area contributed by atoms with Crippen molar-refractivity contribution < 1.29 is 4.79 Å². The van der Waals surface area contributed by atoms with Crippen molar-refractivity contribution in [2.75, 3.05) is 0 Å². The number of ketones is 1. The van der Waals surface area contributed by atoms with Gasteiger partial charge in [0.15, 0.2) is 5.78 Å². The van der Waals surface area contributed by atoms with Crippen LogP contribution in [0.15, 0.2) is 11.1 Å². The summed E-state index contributed by atoms with van der Waals surface area (Å²) < 4.78 is 0. The maximum atomic E-state index is 11.4. The molecule has 0 bridgehead atoms. The van der Waals surface area contributed by atoms with Gasteiger partial charge in [-0.2, -0.15) is 0 Å². The van der Waals surface area contributed by atoms with Gasteiger partial charge in [-0.3, -0.25) is 4.79 Å². The zero-order chi connectivity index (χ0) is 8.65. The lowest BCUT2D eigenvalue weighted by molar-refractivity contribution is -0.128. The third-order valence-corrected chi connectivity index (χ3v) is 2.55. The molecule has 0 amide bonds. The molecule has 1 aliphatic rings. The second-order valence-corrected chi connectivity index (χ2v) is 4.00. The lowest BCUT2D eigenvalue weighted by atomic mass is 9.65. The molecule has 0 spiro atoms. The van der Waals surface area contributed by atoms with Gasteiger partial charge in [0, 0.05) is 5.41 Å². The van der Waals surface area contributed by atoms with Crippen LogP contribution in [0.5, 0.6) is 0 Å². The highest BCUT2D eigenvalue weighted by molar-refractivity contribution is 6.06. The highest BCUT2D eigenvalue weighted by Gasteiger charge is 2.42. The Labute approximate surface area is 68.5 Å². The Morgan fingerprint density at radius 1 is 1.55 bits per heavy atom. The summed E-state index contributed by atoms with van der Waals surface area (Å²) in [5.74, 6) is 0.358. The van der Waals surface area contributed by atoms with E-state index >= 15 is 0 Å². The first kappa shape index (κ1) is 8.51. The summed E-state index contributed by atoms with van der Waals surface area (Å²) in [6, 6.07) is 0. The van der Waals surface area contributed by atoms with Crippen LogP contribution in [0.1, 0.15) is 40.5 Å². The summed E-state index contributed by atoms with van der Waals surface area (Å²) >= 11 is 0. The Bertz CT molecular complexity index is 221. The van der Waals surface area contributed by atoms with Gasteiger partial charge in [-0.25, -0.2) is 0 Å². The molecular weight excluding hydrogens is 136 g/mol. The molecule has 0 N–H and O–H groups in total. The van der Waals surface area contributed by atoms with E-state index in [9.17, 15) is 4.79 Å². The van der Waals surface area contributed by atoms with Crippen molar-refractivity contribution in [2.45, 2.75) is 40.5 Å². The molecule has 62 valence electrons. The molecule has 1 saturated carbocycles. The number of Topliss-reactive ketones (excluding diaryl/α,β-unsaturated/α-hetero) is 1. The van der Waals surface area contributed by atoms with Crippen LogP contribution in [0.3, 0.4) is 0 Å². The van der Waals surface area contributed by atoms with E-state index in [0.29, 0.717) is 5.78 Å². The van der Waals surface area contributed by atoms with E-state index in [1.807, 2.05) is 13.8 Å². The van der Waals surface area contributed by atoms with Crippen molar-refractivity contribution in [3.05, 3.63) is 11.1 Å². The lowest BCUT2D eigenvalue weighted by Crippen LogP contribution is -2.38. The highest BCUT2D eigenvalue weighted by Crippen LogP contribution is 2.42. The van der Waals surface area contributed by atoms with E-state index in [-0.39, 0.29) is 5.41 Å². The average Bonchev–Trinajstić information content (AvgIpc) is 1.98. The number of carbonyl (C=O) groups excluding carboxylic acids is 1. The van der Waals surface area contributed by atoms with Crippen LogP contribution in [0.4, 0.5) is 0 Å². The van der Waals surface area contributed by atoms with Crippen LogP contribution >= 0.6 is 0 Å². The van der Waals surface area contributed by atoms with Crippen molar-refractivity contribution in [2.24, 2.45) is 5.41 Å². The van der Waals surface area contributed by atoms with E-state index in [0.717, 1.165) is 18.4 Å². The Morgan fingerprint density at radius 2 is 2.09 bits per heavy atom. The van der Waals surface area contributed by atoms with Gasteiger partial charge in [-0.1, -0.05) is 26.3 Å². The third kappa shape index (κ3) is 1.24. The zero-order valence-electron chi connectivity index (χ0n) is 7.82. The molecule has 11 heavy (non-hydrogen) atoms. The molecule has 0 saturated heterocycles. The van der Waals surface area contributed by atoms with Crippen LogP contribution in [0.2, 0.25) is 0 Å². The largest absolute Gasteiger partial charge is 0.294 e. The normalized spacial score (nSPS) is 26.4. The lowest BCUT2D eigenvalue weighted by Gasteiger charge is -2.36. The standard InChI is InChI=1S/C10H16O/c1-5-7(2)8-6-10(3,4)9(8)11/h5-6H2,1-4H3/b8-7-. The molecule has 0 aromatic carbocycles. The number of hydrogen-bond acceptors (Lipinski definition) is 1. The van der Waals surface area contributed by atoms with Crippen molar-refractivity contribution in [3.63, 3.8) is 0 Å². The van der Waals surface area contributed by atoms with Crippen molar-refractivity contribution in [1.29, 1.82) is 0 Å². The molecule has 1 nitrogen and oxygen atoms in total. The monoisotopic (exact) mass is 152 g/mol. The third-order valence-electron chi connectivity index (χ3n) is 2.55. The second-order valence-electron chi connectivity index (χ2n) is 4.00. The van der Waals surface area contributed by atoms with Crippen LogP contribution in [-0.2, 0) is 4.79 Å². The quantitative estimate of drug-likeness (QED) is 0.528. The highest BCUT2D eigenvalue weighted by atomic mass is 16.1. The summed E-state index contributed by atoms with van der Waals surface area (Å²) in [4.78, 5) is 11.4. The van der Waals surface area contributed by atoms with Gasteiger partial charge in [-0.15, -0.1) is 0 Å². The topological polar surface area (TPSA) is 17.1 Å². The molecule has 0 unspecified atom stereocenters. The van der Waals surface area contributed by atoms with Crippen molar-refractivity contribution in [3.8, 4) is 0 Å². The fourth-order valence-corrected chi connectivity index (χ4v) is 1.46. The second kappa shape index (κ2) is 2.47. The summed E-state index contributed by atoms with van der Waals surface area (Å²) in [6.07, 6.45) is 1.99. The van der Waals surface area contributed by atoms with E-state index in [1.165, 1.54) is 5.57 Å². The first-order valence-corrected chi connectivity index (χ1v) is 4.22. The Hall–Kier alpha value is -0.590. The first-order chi connectivity index (χ1) is 4.99. The molecule has 0 aromatic heterocycles. The molecule has 0 aliphatic heterocycles. The minimum absolute atomic E-state index is 0.0637. The molecule has 0 radical (unpaired) electrons. The van der Waals surface area contributed by atoms with Gasteiger partial charge in [0.2, 0.25) is 0 Å². The number of hydrogen-bond donors (Lipinski definition) is 0. The number of allylic oxidation sites excluding steroid dienone is 2. The van der Waals surface area contributed by atoms with E-state index in [2.05, 4.69) is 13.8 Å². The Kier molecular flexibility index (Phi) is 1.91. The zero-order valence-corrected chi connectivity index (χ0v) is 7.82. The average molecular weight is 152 g/mol. The predicted octanol–water partition coefficient (Wildman–Crippen LogP) is 2.71. The molecule has 0 atom stereocenters. The minimum atomic E-state index is -0.0637. The van der Waals surface area contributed by atoms with E-state index < -0.39 is 0 Å². The van der Waals surface area contributed by atoms with Gasteiger partial charge in [0.05, 0.1) is 0 Å². The molecular formula is C10H16O. The first-order valence-electron chi connectivity index (χ1n) is 4.22. The summed E-state index contributed by atoms with van der Waals surface area (Å²) in [7, 11) is 0. The minimum Gasteiger partial charge on any atom is -0.294 e. The fourth-order valence-electron chi connectivity index (χ4n) is 1.46. The summed E-state index contributed by atoms with van der Waals surface area (Å²) in [5, 5.41) is 0. The van der Waals surface area contributed by atoms with Crippen LogP contribution in [0, 0.1) is 5.41 Å². The van der Waals surface area contributed by atoms with Crippen molar-refractivity contribution >= 4 is 5.78 Å². The molecule has 0 aromatic rings. The molecule has 0 heterocycles. The summed E-state index contributed by atoms with van der Waals surface area (Å²) in [6.45, 7) is 8.19. The Morgan fingerprint density at radius 3 is 2.36 bits per heavy atom. The van der Waals surface area contributed by atoms with Crippen LogP contribution in [0.25, 0.3) is 0 Å². The van der Waals surface area contributed by atoms with Crippen LogP contribution < -0.4 is 0 Å². The summed E-state index contributed by atoms with van der Waals surface area (Å²) in [5.41, 5.74) is 2.29.